The monoisotopic (exact) mass is 489 g/mol. The van der Waals surface area contributed by atoms with E-state index in [-0.39, 0.29) is 30.5 Å². The number of carbonyl (C=O) groups is 2. The van der Waals surface area contributed by atoms with Crippen molar-refractivity contribution in [2.24, 2.45) is 10.7 Å². The largest absolute Gasteiger partial charge is 0.405 e. The fourth-order valence-corrected chi connectivity index (χ4v) is 3.52. The molecule has 36 heavy (non-hydrogen) atoms. The summed E-state index contributed by atoms with van der Waals surface area (Å²) in [7, 11) is 3.63. The number of likely N-dealkylation sites (N-methyl/N-ethyl adjacent to an activating group) is 2. The molecule has 0 unspecified atom stereocenters. The number of aryl methyl sites for hydroxylation is 1. The SMILES string of the molecule is Cc1cccc2cc(CNC(=O)c3nccnc3N)c(N(C)CCN(C)C(=O)CN=CC=CN)nc12. The molecule has 2 amide bonds. The maximum absolute atomic E-state index is 12.7. The van der Waals surface area contributed by atoms with E-state index in [9.17, 15) is 9.59 Å². The van der Waals surface area contributed by atoms with E-state index in [1.54, 1.807) is 18.0 Å². The smallest absolute Gasteiger partial charge is 0.273 e. The van der Waals surface area contributed by atoms with Crippen molar-refractivity contribution in [3.05, 3.63) is 65.8 Å². The molecular formula is C25H31N9O2. The quantitative estimate of drug-likeness (QED) is 0.360. The molecular weight excluding hydrogens is 458 g/mol. The summed E-state index contributed by atoms with van der Waals surface area (Å²) in [6.45, 7) is 3.25. The van der Waals surface area contributed by atoms with Gasteiger partial charge in [0.05, 0.1) is 5.52 Å². The first-order valence-corrected chi connectivity index (χ1v) is 11.4. The molecule has 0 aliphatic heterocycles. The molecule has 0 aliphatic carbocycles. The number of allylic oxidation sites excluding steroid dienone is 1. The molecule has 0 aliphatic rings. The summed E-state index contributed by atoms with van der Waals surface area (Å²) in [6, 6.07) is 7.97. The molecule has 11 nitrogen and oxygen atoms in total. The van der Waals surface area contributed by atoms with Crippen molar-refractivity contribution in [3.63, 3.8) is 0 Å². The van der Waals surface area contributed by atoms with Crippen LogP contribution in [0.5, 0.6) is 0 Å². The first-order chi connectivity index (χ1) is 17.3. The third-order valence-corrected chi connectivity index (χ3v) is 5.57. The number of amides is 2. The molecule has 3 rings (SSSR count). The van der Waals surface area contributed by atoms with Gasteiger partial charge >= 0.3 is 0 Å². The van der Waals surface area contributed by atoms with Crippen LogP contribution in [-0.4, -0.2) is 71.6 Å². The van der Waals surface area contributed by atoms with Crippen LogP contribution in [0.4, 0.5) is 11.6 Å². The van der Waals surface area contributed by atoms with Crippen LogP contribution in [0.2, 0.25) is 0 Å². The summed E-state index contributed by atoms with van der Waals surface area (Å²) in [5.74, 6) is 0.238. The average Bonchev–Trinajstić information content (AvgIpc) is 2.88. The van der Waals surface area contributed by atoms with Crippen LogP contribution in [0.3, 0.4) is 0 Å². The molecule has 0 atom stereocenters. The highest BCUT2D eigenvalue weighted by atomic mass is 16.2. The first kappa shape index (κ1) is 26.1. The molecule has 0 fully saturated rings. The molecule has 2 heterocycles. The highest BCUT2D eigenvalue weighted by Gasteiger charge is 2.17. The van der Waals surface area contributed by atoms with E-state index in [0.29, 0.717) is 18.9 Å². The Morgan fingerprint density at radius 3 is 2.69 bits per heavy atom. The van der Waals surface area contributed by atoms with E-state index in [2.05, 4.69) is 20.3 Å². The summed E-state index contributed by atoms with van der Waals surface area (Å²) in [5, 5.41) is 3.83. The molecule has 0 saturated heterocycles. The number of hydrogen-bond donors (Lipinski definition) is 3. The molecule has 0 bridgehead atoms. The van der Waals surface area contributed by atoms with Crippen LogP contribution in [0.25, 0.3) is 10.9 Å². The number of nitrogens with one attached hydrogen (secondary N) is 1. The summed E-state index contributed by atoms with van der Waals surface area (Å²) in [4.78, 5) is 45.5. The Balaban J connectivity index is 1.78. The van der Waals surface area contributed by atoms with Gasteiger partial charge in [0, 0.05) is 63.3 Å². The summed E-state index contributed by atoms with van der Waals surface area (Å²) in [5.41, 5.74) is 13.9. The number of nitrogens with zero attached hydrogens (tertiary/aromatic N) is 6. The maximum atomic E-state index is 12.7. The van der Waals surface area contributed by atoms with E-state index < -0.39 is 5.91 Å². The van der Waals surface area contributed by atoms with Crippen LogP contribution in [-0.2, 0) is 11.3 Å². The fraction of sp³-hybridized carbons (Fsp3) is 0.280. The minimum absolute atomic E-state index is 0.0424. The normalized spacial score (nSPS) is 11.3. The molecule has 188 valence electrons. The zero-order valence-electron chi connectivity index (χ0n) is 20.7. The first-order valence-electron chi connectivity index (χ1n) is 11.4. The van der Waals surface area contributed by atoms with Crippen molar-refractivity contribution in [1.29, 1.82) is 0 Å². The summed E-state index contributed by atoms with van der Waals surface area (Å²) >= 11 is 0. The predicted molar refractivity (Wildman–Crippen MR) is 142 cm³/mol. The van der Waals surface area contributed by atoms with Gasteiger partial charge in [-0.05, 0) is 30.8 Å². The van der Waals surface area contributed by atoms with E-state index in [4.69, 9.17) is 16.5 Å². The second kappa shape index (κ2) is 12.2. The lowest BCUT2D eigenvalue weighted by Gasteiger charge is -2.25. The van der Waals surface area contributed by atoms with Crippen LogP contribution in [0.15, 0.2) is 53.9 Å². The number of rotatable bonds is 10. The number of para-hydroxylation sites is 1. The lowest BCUT2D eigenvalue weighted by Crippen LogP contribution is -2.36. The predicted octanol–water partition coefficient (Wildman–Crippen LogP) is 1.28. The Morgan fingerprint density at radius 2 is 1.94 bits per heavy atom. The summed E-state index contributed by atoms with van der Waals surface area (Å²) in [6.07, 6.45) is 7.26. The highest BCUT2D eigenvalue weighted by molar-refractivity contribution is 5.96. The number of anilines is 2. The second-order valence-electron chi connectivity index (χ2n) is 8.20. The Bertz CT molecular complexity index is 1290. The molecule has 0 radical (unpaired) electrons. The lowest BCUT2D eigenvalue weighted by atomic mass is 10.1. The number of hydrogen-bond acceptors (Lipinski definition) is 9. The second-order valence-corrected chi connectivity index (χ2v) is 8.20. The zero-order valence-corrected chi connectivity index (χ0v) is 20.7. The molecule has 1 aromatic carbocycles. The average molecular weight is 490 g/mol. The highest BCUT2D eigenvalue weighted by Crippen LogP contribution is 2.25. The molecule has 3 aromatic rings. The number of pyridine rings is 1. The topological polar surface area (TPSA) is 156 Å². The molecule has 0 saturated carbocycles. The van der Waals surface area contributed by atoms with Gasteiger partial charge in [0.15, 0.2) is 11.5 Å². The Hall–Kier alpha value is -4.54. The van der Waals surface area contributed by atoms with E-state index >= 15 is 0 Å². The van der Waals surface area contributed by atoms with Crippen molar-refractivity contribution in [3.8, 4) is 0 Å². The van der Waals surface area contributed by atoms with Gasteiger partial charge in [0.2, 0.25) is 5.91 Å². The number of benzene rings is 1. The van der Waals surface area contributed by atoms with Gasteiger partial charge in [0.1, 0.15) is 12.4 Å². The minimum Gasteiger partial charge on any atom is -0.405 e. The molecule has 11 heteroatoms. The summed E-state index contributed by atoms with van der Waals surface area (Å²) < 4.78 is 0. The molecule has 5 N–H and O–H groups in total. The van der Waals surface area contributed by atoms with Crippen molar-refractivity contribution in [2.45, 2.75) is 13.5 Å². The number of aromatic nitrogens is 3. The van der Waals surface area contributed by atoms with Crippen molar-refractivity contribution < 1.29 is 9.59 Å². The van der Waals surface area contributed by atoms with E-state index in [0.717, 1.165) is 22.0 Å². The van der Waals surface area contributed by atoms with Gasteiger partial charge < -0.3 is 26.6 Å². The zero-order chi connectivity index (χ0) is 26.1. The van der Waals surface area contributed by atoms with Crippen molar-refractivity contribution in [1.82, 2.24) is 25.2 Å². The van der Waals surface area contributed by atoms with Gasteiger partial charge in [-0.1, -0.05) is 18.2 Å². The van der Waals surface area contributed by atoms with Gasteiger partial charge in [-0.3, -0.25) is 14.6 Å². The number of fused-ring (bicyclic) bond motifs is 1. The van der Waals surface area contributed by atoms with Gasteiger partial charge in [-0.15, -0.1) is 0 Å². The number of nitrogens with two attached hydrogens (primary N) is 2. The number of aliphatic imine (C=N–C) groups is 1. The van der Waals surface area contributed by atoms with Gasteiger partial charge in [-0.25, -0.2) is 15.0 Å². The Morgan fingerprint density at radius 1 is 1.17 bits per heavy atom. The third kappa shape index (κ3) is 6.53. The number of nitrogen functional groups attached to an aromatic ring is 1. The van der Waals surface area contributed by atoms with Crippen molar-refractivity contribution in [2.75, 3.05) is 44.4 Å². The van der Waals surface area contributed by atoms with Crippen LogP contribution in [0.1, 0.15) is 21.6 Å². The van der Waals surface area contributed by atoms with Crippen molar-refractivity contribution >= 4 is 40.6 Å². The van der Waals surface area contributed by atoms with Crippen LogP contribution in [0, 0.1) is 6.92 Å². The molecule has 2 aromatic heterocycles. The minimum atomic E-state index is -0.422. The lowest BCUT2D eigenvalue weighted by molar-refractivity contribution is -0.128. The van der Waals surface area contributed by atoms with E-state index in [1.807, 2.05) is 43.1 Å². The molecule has 0 spiro atoms. The Labute approximate surface area is 209 Å². The van der Waals surface area contributed by atoms with Crippen LogP contribution >= 0.6 is 0 Å². The Kier molecular flexibility index (Phi) is 8.87. The van der Waals surface area contributed by atoms with Gasteiger partial charge in [0.25, 0.3) is 5.91 Å². The maximum Gasteiger partial charge on any atom is 0.273 e. The van der Waals surface area contributed by atoms with Crippen LogP contribution < -0.4 is 21.7 Å². The number of carbonyl (C=O) groups excluding carboxylic acids is 2. The fourth-order valence-electron chi connectivity index (χ4n) is 3.52. The third-order valence-electron chi connectivity index (χ3n) is 5.57. The van der Waals surface area contributed by atoms with Gasteiger partial charge in [-0.2, -0.15) is 0 Å². The standard InChI is InChI=1S/C25H31N9O2/c1-17-6-4-7-18-14-19(15-31-25(36)22-23(27)30-11-10-29-22)24(32-21(17)18)34(3)13-12-33(2)20(35)16-28-9-5-8-26/h4-11,14H,12-13,15-16,26H2,1-3H3,(H2,27,30)(H,31,36). The van der Waals surface area contributed by atoms with E-state index in [1.165, 1.54) is 24.8 Å².